The van der Waals surface area contributed by atoms with Gasteiger partial charge < -0.3 is 9.64 Å². The quantitative estimate of drug-likeness (QED) is 0.501. The molecule has 1 amide bonds. The normalized spacial score (nSPS) is 22.4. The molecule has 4 nitrogen and oxygen atoms in total. The summed E-state index contributed by atoms with van der Waals surface area (Å²) in [4.78, 5) is 18.0. The molecule has 1 atom stereocenters. The average molecular weight is 461 g/mol. The molecule has 4 heteroatoms. The minimum Gasteiger partial charge on any atom is -0.496 e. The number of ether oxygens (including phenoxy) is 1. The smallest absolute Gasteiger partial charge is 0.255 e. The van der Waals surface area contributed by atoms with Gasteiger partial charge in [-0.3, -0.25) is 9.69 Å². The lowest BCUT2D eigenvalue weighted by Gasteiger charge is -2.35. The number of amides is 1. The summed E-state index contributed by atoms with van der Waals surface area (Å²) in [6.07, 6.45) is 12.8. The van der Waals surface area contributed by atoms with Crippen LogP contribution in [0.2, 0.25) is 0 Å². The number of benzene rings is 1. The Labute approximate surface area is 205 Å². The number of fused-ring (bicyclic) bond motifs is 1. The van der Waals surface area contributed by atoms with Gasteiger partial charge in [0.2, 0.25) is 0 Å². The Morgan fingerprint density at radius 2 is 1.88 bits per heavy atom. The first kappa shape index (κ1) is 24.5. The van der Waals surface area contributed by atoms with Gasteiger partial charge >= 0.3 is 0 Å². The van der Waals surface area contributed by atoms with Crippen molar-refractivity contribution in [1.29, 1.82) is 0 Å². The Bertz CT molecular complexity index is 1050. The van der Waals surface area contributed by atoms with E-state index in [9.17, 15) is 4.79 Å². The number of likely N-dealkylation sites (tertiary alicyclic amines) is 1. The number of allylic oxidation sites excluding steroid dienone is 5. The maximum absolute atomic E-state index is 13.7. The first-order valence-corrected chi connectivity index (χ1v) is 12.9. The van der Waals surface area contributed by atoms with E-state index in [1.165, 1.54) is 16.7 Å². The number of methoxy groups -OCH3 is 1. The van der Waals surface area contributed by atoms with Gasteiger partial charge in [0, 0.05) is 18.0 Å². The van der Waals surface area contributed by atoms with Crippen LogP contribution in [0, 0.1) is 11.8 Å². The molecule has 0 aromatic heterocycles. The van der Waals surface area contributed by atoms with Gasteiger partial charge in [-0.15, -0.1) is 0 Å². The van der Waals surface area contributed by atoms with Gasteiger partial charge in [-0.05, 0) is 104 Å². The maximum atomic E-state index is 13.7. The highest BCUT2D eigenvalue weighted by atomic mass is 16.5. The van der Waals surface area contributed by atoms with E-state index in [1.54, 1.807) is 7.11 Å². The predicted molar refractivity (Wildman–Crippen MR) is 140 cm³/mol. The standard InChI is InChI=1S/C30H40N2O2/c1-7-22-16-25(23-12-14-31(5)15-13-23)19-32-28(22)10-8-21(4)27(18-30(32)33)24-9-11-29(34-6)26(17-24)20(2)3/h9-11,16-21,23H,7-8,12-15H2,1-6H3. The van der Waals surface area contributed by atoms with Crippen LogP contribution in [0.5, 0.6) is 5.75 Å². The first-order chi connectivity index (χ1) is 16.3. The van der Waals surface area contributed by atoms with E-state index in [1.807, 2.05) is 17.0 Å². The van der Waals surface area contributed by atoms with Crippen molar-refractivity contribution in [3.63, 3.8) is 0 Å². The molecular formula is C30H40N2O2. The number of piperidine rings is 1. The monoisotopic (exact) mass is 460 g/mol. The van der Waals surface area contributed by atoms with Gasteiger partial charge in [0.05, 0.1) is 7.11 Å². The van der Waals surface area contributed by atoms with E-state index >= 15 is 0 Å². The molecule has 0 N–H and O–H groups in total. The Morgan fingerprint density at radius 1 is 1.15 bits per heavy atom. The molecular weight excluding hydrogens is 420 g/mol. The second kappa shape index (κ2) is 10.4. The topological polar surface area (TPSA) is 32.8 Å². The molecule has 0 aliphatic carbocycles. The molecule has 3 aliphatic heterocycles. The number of carbonyl (C=O) groups excluding carboxylic acids is 1. The zero-order valence-corrected chi connectivity index (χ0v) is 21.7. The fourth-order valence-corrected chi connectivity index (χ4v) is 5.44. The number of nitrogens with zero attached hydrogens (tertiary/aromatic N) is 2. The molecule has 0 spiro atoms. The lowest BCUT2D eigenvalue weighted by atomic mass is 9.84. The van der Waals surface area contributed by atoms with Gasteiger partial charge in [0.15, 0.2) is 0 Å². The molecule has 0 bridgehead atoms. The van der Waals surface area contributed by atoms with Crippen molar-refractivity contribution in [3.8, 4) is 5.75 Å². The lowest BCUT2D eigenvalue weighted by Crippen LogP contribution is -2.33. The molecule has 3 heterocycles. The molecule has 1 fully saturated rings. The van der Waals surface area contributed by atoms with E-state index in [0.29, 0.717) is 11.8 Å². The number of hydrogen-bond donors (Lipinski definition) is 0. The van der Waals surface area contributed by atoms with E-state index in [4.69, 9.17) is 4.74 Å². The largest absolute Gasteiger partial charge is 0.496 e. The third kappa shape index (κ3) is 4.93. The Kier molecular flexibility index (Phi) is 7.47. The van der Waals surface area contributed by atoms with Crippen LogP contribution in [-0.2, 0) is 4.79 Å². The van der Waals surface area contributed by atoms with Crippen molar-refractivity contribution in [2.24, 2.45) is 11.8 Å². The molecule has 34 heavy (non-hydrogen) atoms. The van der Waals surface area contributed by atoms with E-state index in [0.717, 1.165) is 61.4 Å². The SMILES string of the molecule is CCC1=CC(C2CCN(C)CC2)=CN2C(=O)C=C(c3ccc(OC)c(C(C)C)c3)C(C)CC=C12. The van der Waals surface area contributed by atoms with E-state index in [-0.39, 0.29) is 11.8 Å². The Balaban J connectivity index is 1.71. The summed E-state index contributed by atoms with van der Waals surface area (Å²) in [7, 11) is 3.91. The van der Waals surface area contributed by atoms with Crippen molar-refractivity contribution >= 4 is 11.5 Å². The molecule has 0 radical (unpaired) electrons. The summed E-state index contributed by atoms with van der Waals surface area (Å²) in [5.41, 5.74) is 7.06. The third-order valence-electron chi connectivity index (χ3n) is 7.68. The van der Waals surface area contributed by atoms with Gasteiger partial charge in [0.1, 0.15) is 5.75 Å². The lowest BCUT2D eigenvalue weighted by molar-refractivity contribution is -0.122. The fraction of sp³-hybridized carbons (Fsp3) is 0.500. The van der Waals surface area contributed by atoms with Gasteiger partial charge in [-0.2, -0.15) is 0 Å². The molecule has 1 saturated heterocycles. The Morgan fingerprint density at radius 3 is 2.53 bits per heavy atom. The zero-order chi connectivity index (χ0) is 24.4. The average Bonchev–Trinajstić information content (AvgIpc) is 2.84. The minimum atomic E-state index is 0.0548. The van der Waals surface area contributed by atoms with Crippen LogP contribution in [0.15, 0.2) is 59.5 Å². The second-order valence-electron chi connectivity index (χ2n) is 10.4. The highest BCUT2D eigenvalue weighted by Crippen LogP contribution is 2.38. The van der Waals surface area contributed by atoms with Crippen molar-refractivity contribution < 1.29 is 9.53 Å². The van der Waals surface area contributed by atoms with Crippen molar-refractivity contribution in [1.82, 2.24) is 9.80 Å². The molecule has 1 unspecified atom stereocenters. The number of carbonyl (C=O) groups is 1. The highest BCUT2D eigenvalue weighted by molar-refractivity contribution is 5.98. The summed E-state index contributed by atoms with van der Waals surface area (Å²) >= 11 is 0. The van der Waals surface area contributed by atoms with E-state index < -0.39 is 0 Å². The van der Waals surface area contributed by atoms with Crippen LogP contribution in [0.25, 0.3) is 5.57 Å². The molecule has 182 valence electrons. The molecule has 4 rings (SSSR count). The van der Waals surface area contributed by atoms with Gasteiger partial charge in [-0.1, -0.05) is 45.9 Å². The Hall–Kier alpha value is -2.59. The second-order valence-corrected chi connectivity index (χ2v) is 10.4. The molecule has 3 aliphatic rings. The molecule has 0 saturated carbocycles. The van der Waals surface area contributed by atoms with Crippen LogP contribution < -0.4 is 4.74 Å². The van der Waals surface area contributed by atoms with Crippen LogP contribution in [0.1, 0.15) is 70.4 Å². The van der Waals surface area contributed by atoms with Crippen molar-refractivity contribution in [3.05, 3.63) is 70.6 Å². The summed E-state index contributed by atoms with van der Waals surface area (Å²) in [5, 5.41) is 0. The fourth-order valence-electron chi connectivity index (χ4n) is 5.44. The summed E-state index contributed by atoms with van der Waals surface area (Å²) in [6.45, 7) is 11.0. The predicted octanol–water partition coefficient (Wildman–Crippen LogP) is 6.53. The number of hydrogen-bond acceptors (Lipinski definition) is 3. The van der Waals surface area contributed by atoms with Crippen LogP contribution in [0.3, 0.4) is 0 Å². The maximum Gasteiger partial charge on any atom is 0.255 e. The first-order valence-electron chi connectivity index (χ1n) is 12.9. The van der Waals surface area contributed by atoms with Crippen LogP contribution in [0.4, 0.5) is 0 Å². The van der Waals surface area contributed by atoms with Crippen molar-refractivity contribution in [2.75, 3.05) is 27.2 Å². The third-order valence-corrected chi connectivity index (χ3v) is 7.68. The summed E-state index contributed by atoms with van der Waals surface area (Å²) in [6, 6.07) is 6.35. The van der Waals surface area contributed by atoms with Gasteiger partial charge in [-0.25, -0.2) is 0 Å². The van der Waals surface area contributed by atoms with Gasteiger partial charge in [0.25, 0.3) is 5.91 Å². The number of rotatable bonds is 5. The van der Waals surface area contributed by atoms with Crippen LogP contribution >= 0.6 is 0 Å². The summed E-state index contributed by atoms with van der Waals surface area (Å²) in [5.74, 6) is 2.09. The molecule has 1 aromatic rings. The molecule has 1 aromatic carbocycles. The van der Waals surface area contributed by atoms with E-state index in [2.05, 4.69) is 70.1 Å². The minimum absolute atomic E-state index is 0.0548. The summed E-state index contributed by atoms with van der Waals surface area (Å²) < 4.78 is 5.59. The highest BCUT2D eigenvalue weighted by Gasteiger charge is 2.29. The zero-order valence-electron chi connectivity index (χ0n) is 21.7. The van der Waals surface area contributed by atoms with Crippen molar-refractivity contribution in [2.45, 2.75) is 59.3 Å². The van der Waals surface area contributed by atoms with Crippen LogP contribution in [-0.4, -0.2) is 43.0 Å².